The molecule has 0 bridgehead atoms. The third-order valence-corrected chi connectivity index (χ3v) is 2.68. The second-order valence-corrected chi connectivity index (χ2v) is 4.43. The number of ether oxygens (including phenoxy) is 1. The fourth-order valence-corrected chi connectivity index (χ4v) is 1.82. The summed E-state index contributed by atoms with van der Waals surface area (Å²) in [5.41, 5.74) is 14.1. The Hall–Kier alpha value is -1.22. The van der Waals surface area contributed by atoms with Gasteiger partial charge in [0, 0.05) is 24.6 Å². The SMILES string of the molecule is CCCCCOCCCc1cc(N)cc(N)c1. The highest BCUT2D eigenvalue weighted by atomic mass is 16.5. The molecule has 1 aromatic rings. The lowest BCUT2D eigenvalue weighted by Gasteiger charge is -2.06. The van der Waals surface area contributed by atoms with Gasteiger partial charge in [-0.3, -0.25) is 0 Å². The Labute approximate surface area is 104 Å². The standard InChI is InChI=1S/C14H24N2O/c1-2-3-4-7-17-8-5-6-12-9-13(15)11-14(16)10-12/h9-11H,2-8,15-16H2,1H3. The molecule has 0 amide bonds. The van der Waals surface area contributed by atoms with Gasteiger partial charge >= 0.3 is 0 Å². The maximum absolute atomic E-state index is 5.73. The lowest BCUT2D eigenvalue weighted by Crippen LogP contribution is -2.00. The van der Waals surface area contributed by atoms with Crippen LogP contribution >= 0.6 is 0 Å². The van der Waals surface area contributed by atoms with Crippen LogP contribution in [0.1, 0.15) is 38.2 Å². The van der Waals surface area contributed by atoms with Crippen LogP contribution in [0.4, 0.5) is 11.4 Å². The Bertz CT molecular complexity index is 306. The topological polar surface area (TPSA) is 61.3 Å². The van der Waals surface area contributed by atoms with Gasteiger partial charge in [0.05, 0.1) is 0 Å². The van der Waals surface area contributed by atoms with Crippen LogP contribution in [0.15, 0.2) is 18.2 Å². The van der Waals surface area contributed by atoms with Gasteiger partial charge < -0.3 is 16.2 Å². The second-order valence-electron chi connectivity index (χ2n) is 4.43. The van der Waals surface area contributed by atoms with Gasteiger partial charge in [0.1, 0.15) is 0 Å². The summed E-state index contributed by atoms with van der Waals surface area (Å²) in [6.07, 6.45) is 5.66. The van der Waals surface area contributed by atoms with Crippen LogP contribution in [0, 0.1) is 0 Å². The van der Waals surface area contributed by atoms with E-state index in [-0.39, 0.29) is 0 Å². The number of hydrogen-bond acceptors (Lipinski definition) is 3. The summed E-state index contributed by atoms with van der Waals surface area (Å²) >= 11 is 0. The van der Waals surface area contributed by atoms with Crippen LogP contribution in [0.25, 0.3) is 0 Å². The van der Waals surface area contributed by atoms with Gasteiger partial charge in [-0.1, -0.05) is 19.8 Å². The molecule has 0 aliphatic heterocycles. The summed E-state index contributed by atoms with van der Waals surface area (Å²) in [5.74, 6) is 0. The minimum Gasteiger partial charge on any atom is -0.399 e. The number of anilines is 2. The zero-order chi connectivity index (χ0) is 12.5. The van der Waals surface area contributed by atoms with Crippen molar-refractivity contribution in [2.24, 2.45) is 0 Å². The molecule has 3 heteroatoms. The molecule has 0 aliphatic rings. The molecule has 0 aliphatic carbocycles. The zero-order valence-electron chi connectivity index (χ0n) is 10.7. The minimum absolute atomic E-state index is 0.740. The van der Waals surface area contributed by atoms with Crippen molar-refractivity contribution < 1.29 is 4.74 Å². The van der Waals surface area contributed by atoms with Crippen molar-refractivity contribution in [1.29, 1.82) is 0 Å². The van der Waals surface area contributed by atoms with Gasteiger partial charge in [-0.15, -0.1) is 0 Å². The van der Waals surface area contributed by atoms with Gasteiger partial charge in [-0.05, 0) is 43.0 Å². The summed E-state index contributed by atoms with van der Waals surface area (Å²) in [6.45, 7) is 3.90. The van der Waals surface area contributed by atoms with Crippen molar-refractivity contribution >= 4 is 11.4 Å². The quantitative estimate of drug-likeness (QED) is 0.539. The van der Waals surface area contributed by atoms with Crippen molar-refractivity contribution in [3.8, 4) is 0 Å². The maximum Gasteiger partial charge on any atom is 0.0469 e. The molecule has 96 valence electrons. The number of nitrogen functional groups attached to an aromatic ring is 2. The van der Waals surface area contributed by atoms with E-state index in [2.05, 4.69) is 6.92 Å². The molecule has 0 saturated carbocycles. The van der Waals surface area contributed by atoms with E-state index in [9.17, 15) is 0 Å². The molecule has 0 saturated heterocycles. The first-order valence-corrected chi connectivity index (χ1v) is 6.45. The second kappa shape index (κ2) is 7.96. The smallest absolute Gasteiger partial charge is 0.0469 e. The maximum atomic E-state index is 5.73. The predicted molar refractivity (Wildman–Crippen MR) is 73.9 cm³/mol. The molecular formula is C14H24N2O. The Kier molecular flexibility index (Phi) is 6.48. The summed E-state index contributed by atoms with van der Waals surface area (Å²) in [6, 6.07) is 5.74. The molecule has 1 rings (SSSR count). The van der Waals surface area contributed by atoms with Gasteiger partial charge in [-0.25, -0.2) is 0 Å². The number of aryl methyl sites for hydroxylation is 1. The van der Waals surface area contributed by atoms with E-state index in [0.717, 1.165) is 37.4 Å². The molecule has 0 aromatic heterocycles. The van der Waals surface area contributed by atoms with Crippen LogP contribution in [-0.2, 0) is 11.2 Å². The lowest BCUT2D eigenvalue weighted by atomic mass is 10.1. The van der Waals surface area contributed by atoms with E-state index in [1.165, 1.54) is 24.8 Å². The van der Waals surface area contributed by atoms with E-state index in [1.807, 2.05) is 12.1 Å². The summed E-state index contributed by atoms with van der Waals surface area (Å²) in [7, 11) is 0. The first-order valence-electron chi connectivity index (χ1n) is 6.45. The number of benzene rings is 1. The number of rotatable bonds is 8. The average molecular weight is 236 g/mol. The van der Waals surface area contributed by atoms with E-state index in [0.29, 0.717) is 0 Å². The number of unbranched alkanes of at least 4 members (excludes halogenated alkanes) is 2. The Morgan fingerprint density at radius 2 is 1.59 bits per heavy atom. The van der Waals surface area contributed by atoms with Gasteiger partial charge in [-0.2, -0.15) is 0 Å². The molecule has 17 heavy (non-hydrogen) atoms. The molecule has 0 unspecified atom stereocenters. The first-order chi connectivity index (χ1) is 8.22. The van der Waals surface area contributed by atoms with E-state index in [1.54, 1.807) is 6.07 Å². The third kappa shape index (κ3) is 6.17. The molecule has 0 fully saturated rings. The molecule has 0 radical (unpaired) electrons. The molecular weight excluding hydrogens is 212 g/mol. The normalized spacial score (nSPS) is 10.6. The van der Waals surface area contributed by atoms with Crippen LogP contribution in [-0.4, -0.2) is 13.2 Å². The summed E-state index contributed by atoms with van der Waals surface area (Å²) in [5, 5.41) is 0. The Balaban J connectivity index is 2.13. The molecule has 4 N–H and O–H groups in total. The predicted octanol–water partition coefficient (Wildman–Crippen LogP) is 2.99. The first kappa shape index (κ1) is 13.8. The van der Waals surface area contributed by atoms with Crippen LogP contribution in [0.3, 0.4) is 0 Å². The fraction of sp³-hybridized carbons (Fsp3) is 0.571. The lowest BCUT2D eigenvalue weighted by molar-refractivity contribution is 0.128. The Morgan fingerprint density at radius 3 is 2.24 bits per heavy atom. The molecule has 3 nitrogen and oxygen atoms in total. The summed E-state index contributed by atoms with van der Waals surface area (Å²) < 4.78 is 5.56. The van der Waals surface area contributed by atoms with E-state index < -0.39 is 0 Å². The molecule has 1 aromatic carbocycles. The third-order valence-electron chi connectivity index (χ3n) is 2.68. The highest BCUT2D eigenvalue weighted by Gasteiger charge is 1.97. The fourth-order valence-electron chi connectivity index (χ4n) is 1.82. The van der Waals surface area contributed by atoms with Crippen molar-refractivity contribution in [2.45, 2.75) is 39.0 Å². The minimum atomic E-state index is 0.740. The number of hydrogen-bond donors (Lipinski definition) is 2. The largest absolute Gasteiger partial charge is 0.399 e. The Morgan fingerprint density at radius 1 is 0.941 bits per heavy atom. The van der Waals surface area contributed by atoms with Crippen LogP contribution < -0.4 is 11.5 Å². The molecule has 0 atom stereocenters. The van der Waals surface area contributed by atoms with Crippen LogP contribution in [0.5, 0.6) is 0 Å². The highest BCUT2D eigenvalue weighted by Crippen LogP contribution is 2.15. The van der Waals surface area contributed by atoms with E-state index >= 15 is 0 Å². The molecule has 0 heterocycles. The molecule has 0 spiro atoms. The number of nitrogens with two attached hydrogens (primary N) is 2. The summed E-state index contributed by atoms with van der Waals surface area (Å²) in [4.78, 5) is 0. The highest BCUT2D eigenvalue weighted by molar-refractivity contribution is 5.54. The van der Waals surface area contributed by atoms with Crippen molar-refractivity contribution in [1.82, 2.24) is 0 Å². The van der Waals surface area contributed by atoms with E-state index in [4.69, 9.17) is 16.2 Å². The monoisotopic (exact) mass is 236 g/mol. The van der Waals surface area contributed by atoms with Gasteiger partial charge in [0.15, 0.2) is 0 Å². The zero-order valence-corrected chi connectivity index (χ0v) is 10.7. The average Bonchev–Trinajstić information content (AvgIpc) is 2.26. The van der Waals surface area contributed by atoms with Crippen molar-refractivity contribution in [3.63, 3.8) is 0 Å². The van der Waals surface area contributed by atoms with Crippen molar-refractivity contribution in [3.05, 3.63) is 23.8 Å². The van der Waals surface area contributed by atoms with Gasteiger partial charge in [0.2, 0.25) is 0 Å². The van der Waals surface area contributed by atoms with Crippen LogP contribution in [0.2, 0.25) is 0 Å². The van der Waals surface area contributed by atoms with Gasteiger partial charge in [0.25, 0.3) is 0 Å². The van der Waals surface area contributed by atoms with Crippen molar-refractivity contribution in [2.75, 3.05) is 24.7 Å².